The van der Waals surface area contributed by atoms with Crippen molar-refractivity contribution in [3.63, 3.8) is 0 Å². The normalized spacial score (nSPS) is 23.1. The summed E-state index contributed by atoms with van der Waals surface area (Å²) in [5.74, 6) is 0. The highest BCUT2D eigenvalue weighted by Gasteiger charge is 2.26. The van der Waals surface area contributed by atoms with Crippen LogP contribution in [0.5, 0.6) is 0 Å². The van der Waals surface area contributed by atoms with E-state index in [1.807, 2.05) is 0 Å². The Balaban J connectivity index is 1.62. The van der Waals surface area contributed by atoms with E-state index in [0.717, 1.165) is 19.3 Å². The van der Waals surface area contributed by atoms with Gasteiger partial charge >= 0.3 is 0 Å². The molecule has 1 aliphatic heterocycles. The molecule has 0 saturated carbocycles. The molecule has 2 aromatic rings. The maximum absolute atomic E-state index is 6.15. The van der Waals surface area contributed by atoms with Gasteiger partial charge in [-0.3, -0.25) is 0 Å². The summed E-state index contributed by atoms with van der Waals surface area (Å²) < 4.78 is 6.15. The molecule has 0 unspecified atom stereocenters. The van der Waals surface area contributed by atoms with Gasteiger partial charge in [-0.15, -0.1) is 0 Å². The molecule has 3 rings (SSSR count). The lowest BCUT2D eigenvalue weighted by molar-refractivity contribution is 0.0451. The van der Waals surface area contributed by atoms with Gasteiger partial charge in [0, 0.05) is 0 Å². The molecule has 0 aromatic heterocycles. The van der Waals surface area contributed by atoms with E-state index >= 15 is 0 Å². The van der Waals surface area contributed by atoms with Gasteiger partial charge in [-0.2, -0.15) is 0 Å². The maximum Gasteiger partial charge on any atom is 0.0829 e. The van der Waals surface area contributed by atoms with E-state index in [4.69, 9.17) is 4.74 Å². The highest BCUT2D eigenvalue weighted by atomic mass is 16.5. The third kappa shape index (κ3) is 2.62. The predicted molar refractivity (Wildman–Crippen MR) is 73.4 cm³/mol. The summed E-state index contributed by atoms with van der Waals surface area (Å²) in [6.07, 6.45) is 4.00. The van der Waals surface area contributed by atoms with Gasteiger partial charge in [0.25, 0.3) is 0 Å². The van der Waals surface area contributed by atoms with Crippen molar-refractivity contribution in [2.75, 3.05) is 0 Å². The molecule has 0 bridgehead atoms. The van der Waals surface area contributed by atoms with Crippen molar-refractivity contribution in [2.24, 2.45) is 0 Å². The molecule has 2 atom stereocenters. The first-order chi connectivity index (χ1) is 8.92. The van der Waals surface area contributed by atoms with E-state index < -0.39 is 0 Å². The lowest BCUT2D eigenvalue weighted by atomic mass is 10.0. The van der Waals surface area contributed by atoms with Gasteiger partial charge in [-0.1, -0.05) is 60.7 Å². The molecule has 1 aliphatic rings. The first kappa shape index (κ1) is 11.5. The number of rotatable bonds is 3. The Labute approximate surface area is 108 Å². The lowest BCUT2D eigenvalue weighted by Crippen LogP contribution is -2.10. The van der Waals surface area contributed by atoms with Crippen LogP contribution in [0, 0.1) is 0 Å². The molecule has 0 radical (unpaired) electrons. The average molecular weight is 238 g/mol. The molecule has 1 saturated heterocycles. The fraction of sp³-hybridized carbons (Fsp3) is 0.294. The van der Waals surface area contributed by atoms with Crippen LogP contribution in [0.3, 0.4) is 0 Å². The minimum atomic E-state index is 0.292. The van der Waals surface area contributed by atoms with Crippen LogP contribution in [0.4, 0.5) is 0 Å². The van der Waals surface area contributed by atoms with Crippen molar-refractivity contribution < 1.29 is 4.74 Å². The summed E-state index contributed by atoms with van der Waals surface area (Å²) in [6, 6.07) is 21.2. The number of ether oxygens (including phenoxy) is 1. The van der Waals surface area contributed by atoms with Gasteiger partial charge in [0.2, 0.25) is 0 Å². The van der Waals surface area contributed by atoms with Crippen molar-refractivity contribution in [1.82, 2.24) is 0 Å². The fourth-order valence-electron chi connectivity index (χ4n) is 2.65. The smallest absolute Gasteiger partial charge is 0.0829 e. The third-order valence-electron chi connectivity index (χ3n) is 3.59. The van der Waals surface area contributed by atoms with E-state index in [0.29, 0.717) is 12.2 Å². The first-order valence-corrected chi connectivity index (χ1v) is 6.66. The summed E-state index contributed by atoms with van der Waals surface area (Å²) in [7, 11) is 0. The summed E-state index contributed by atoms with van der Waals surface area (Å²) in [5, 5.41) is 0. The summed E-state index contributed by atoms with van der Waals surface area (Å²) in [5.41, 5.74) is 2.68. The van der Waals surface area contributed by atoms with Crippen LogP contribution in [0.15, 0.2) is 60.7 Å². The summed E-state index contributed by atoms with van der Waals surface area (Å²) in [6.45, 7) is 0. The average Bonchev–Trinajstić information content (AvgIpc) is 2.89. The van der Waals surface area contributed by atoms with Gasteiger partial charge < -0.3 is 4.74 Å². The molecule has 0 N–H and O–H groups in total. The monoisotopic (exact) mass is 238 g/mol. The topological polar surface area (TPSA) is 9.23 Å². The molecular formula is C17H18O. The maximum atomic E-state index is 6.15. The van der Waals surface area contributed by atoms with E-state index in [2.05, 4.69) is 60.7 Å². The zero-order valence-electron chi connectivity index (χ0n) is 10.5. The van der Waals surface area contributed by atoms with Crippen LogP contribution in [0.1, 0.15) is 30.1 Å². The molecule has 1 nitrogen and oxygen atoms in total. The Kier molecular flexibility index (Phi) is 3.42. The molecule has 1 heterocycles. The molecule has 0 aliphatic carbocycles. The summed E-state index contributed by atoms with van der Waals surface area (Å²) in [4.78, 5) is 0. The molecular weight excluding hydrogens is 220 g/mol. The second-order valence-corrected chi connectivity index (χ2v) is 4.92. The second kappa shape index (κ2) is 5.36. The molecule has 0 spiro atoms. The van der Waals surface area contributed by atoms with Crippen LogP contribution in [0.2, 0.25) is 0 Å². The van der Waals surface area contributed by atoms with E-state index in [1.165, 1.54) is 11.1 Å². The number of hydrogen-bond donors (Lipinski definition) is 0. The van der Waals surface area contributed by atoms with Crippen molar-refractivity contribution in [3.05, 3.63) is 71.8 Å². The first-order valence-electron chi connectivity index (χ1n) is 6.66. The molecule has 0 amide bonds. The minimum Gasteiger partial charge on any atom is -0.370 e. The molecule has 92 valence electrons. The molecule has 1 heteroatoms. The van der Waals surface area contributed by atoms with Gasteiger partial charge in [0.05, 0.1) is 12.2 Å². The zero-order valence-corrected chi connectivity index (χ0v) is 10.5. The standard InChI is InChI=1S/C17H18O/c1-3-7-14(8-4-1)13-16-11-12-17(18-16)15-9-5-2-6-10-15/h1-10,16-17H,11-13H2/t16-,17-/m1/s1. The lowest BCUT2D eigenvalue weighted by Gasteiger charge is -2.14. The van der Waals surface area contributed by atoms with Crippen molar-refractivity contribution in [3.8, 4) is 0 Å². The fourth-order valence-corrected chi connectivity index (χ4v) is 2.65. The van der Waals surface area contributed by atoms with Crippen LogP contribution < -0.4 is 0 Å². The highest BCUT2D eigenvalue weighted by molar-refractivity contribution is 5.19. The Morgan fingerprint density at radius 2 is 1.50 bits per heavy atom. The Morgan fingerprint density at radius 3 is 2.22 bits per heavy atom. The van der Waals surface area contributed by atoms with Gasteiger partial charge in [0.15, 0.2) is 0 Å². The Bertz CT molecular complexity index is 477. The van der Waals surface area contributed by atoms with Crippen LogP contribution >= 0.6 is 0 Å². The van der Waals surface area contributed by atoms with Gasteiger partial charge in [0.1, 0.15) is 0 Å². The number of hydrogen-bond acceptors (Lipinski definition) is 1. The zero-order chi connectivity index (χ0) is 12.2. The Morgan fingerprint density at radius 1 is 0.833 bits per heavy atom. The quantitative estimate of drug-likeness (QED) is 0.780. The van der Waals surface area contributed by atoms with Crippen molar-refractivity contribution in [1.29, 1.82) is 0 Å². The number of benzene rings is 2. The minimum absolute atomic E-state index is 0.292. The van der Waals surface area contributed by atoms with Crippen LogP contribution in [-0.4, -0.2) is 6.10 Å². The predicted octanol–water partition coefficient (Wildman–Crippen LogP) is 4.15. The molecule has 2 aromatic carbocycles. The Hall–Kier alpha value is -1.60. The molecule has 18 heavy (non-hydrogen) atoms. The van der Waals surface area contributed by atoms with Crippen LogP contribution in [-0.2, 0) is 11.2 Å². The van der Waals surface area contributed by atoms with E-state index in [-0.39, 0.29) is 0 Å². The van der Waals surface area contributed by atoms with Crippen molar-refractivity contribution in [2.45, 2.75) is 31.5 Å². The summed E-state index contributed by atoms with van der Waals surface area (Å²) >= 11 is 0. The van der Waals surface area contributed by atoms with E-state index in [9.17, 15) is 0 Å². The second-order valence-electron chi connectivity index (χ2n) is 4.92. The van der Waals surface area contributed by atoms with Crippen LogP contribution in [0.25, 0.3) is 0 Å². The third-order valence-corrected chi connectivity index (χ3v) is 3.59. The largest absolute Gasteiger partial charge is 0.370 e. The van der Waals surface area contributed by atoms with E-state index in [1.54, 1.807) is 0 Å². The SMILES string of the molecule is c1ccc(C[C@H]2CC[C@H](c3ccccc3)O2)cc1. The van der Waals surface area contributed by atoms with Gasteiger partial charge in [-0.25, -0.2) is 0 Å². The van der Waals surface area contributed by atoms with Gasteiger partial charge in [-0.05, 0) is 30.4 Å². The molecule has 1 fully saturated rings. The highest BCUT2D eigenvalue weighted by Crippen LogP contribution is 2.33. The van der Waals surface area contributed by atoms with Crippen molar-refractivity contribution >= 4 is 0 Å².